The van der Waals surface area contributed by atoms with E-state index in [9.17, 15) is 21.6 Å². The lowest BCUT2D eigenvalue weighted by molar-refractivity contribution is -0.137. The van der Waals surface area contributed by atoms with Crippen molar-refractivity contribution in [3.63, 3.8) is 0 Å². The van der Waals surface area contributed by atoms with Crippen molar-refractivity contribution in [3.05, 3.63) is 35.4 Å². The van der Waals surface area contributed by atoms with E-state index in [1.54, 1.807) is 27.0 Å². The summed E-state index contributed by atoms with van der Waals surface area (Å²) in [6.45, 7) is 4.55. The van der Waals surface area contributed by atoms with Crippen LogP contribution < -0.4 is 5.32 Å². The summed E-state index contributed by atoms with van der Waals surface area (Å²) in [7, 11) is -1.53. The molecule has 1 aliphatic carbocycles. The van der Waals surface area contributed by atoms with E-state index < -0.39 is 26.3 Å². The molecule has 0 atom stereocenters. The predicted molar refractivity (Wildman–Crippen MR) is 123 cm³/mol. The van der Waals surface area contributed by atoms with Crippen molar-refractivity contribution >= 4 is 39.8 Å². The number of aliphatic imine (C=N–C) groups is 1. The van der Waals surface area contributed by atoms with E-state index in [0.29, 0.717) is 31.2 Å². The third-order valence-corrected chi connectivity index (χ3v) is 8.79. The van der Waals surface area contributed by atoms with E-state index in [1.807, 2.05) is 4.90 Å². The van der Waals surface area contributed by atoms with Crippen molar-refractivity contribution in [2.75, 3.05) is 32.4 Å². The second-order valence-electron chi connectivity index (χ2n) is 8.61. The molecule has 1 aromatic carbocycles. The zero-order valence-corrected chi connectivity index (χ0v) is 20.6. The van der Waals surface area contributed by atoms with Crippen LogP contribution >= 0.6 is 24.0 Å². The average molecular weight is 559 g/mol. The maximum Gasteiger partial charge on any atom is 0.416 e. The molecule has 5 nitrogen and oxygen atoms in total. The number of benzene rings is 1. The Morgan fingerprint density at radius 1 is 1.27 bits per heavy atom. The van der Waals surface area contributed by atoms with Crippen LogP contribution in [0.1, 0.15) is 44.2 Å². The molecule has 1 aliphatic heterocycles. The molecule has 1 N–H and O–H groups in total. The minimum Gasteiger partial charge on any atom is -0.355 e. The largest absolute Gasteiger partial charge is 0.416 e. The van der Waals surface area contributed by atoms with Crippen LogP contribution in [0.3, 0.4) is 0 Å². The molecule has 1 saturated carbocycles. The summed E-state index contributed by atoms with van der Waals surface area (Å²) in [6, 6.07) is 5.57. The summed E-state index contributed by atoms with van der Waals surface area (Å²) in [5.41, 5.74) is -0.314. The lowest BCUT2D eigenvalue weighted by atomic mass is 9.64. The second kappa shape index (κ2) is 8.84. The lowest BCUT2D eigenvalue weighted by Crippen LogP contribution is -2.58. The van der Waals surface area contributed by atoms with E-state index in [0.717, 1.165) is 25.3 Å². The van der Waals surface area contributed by atoms with E-state index in [4.69, 9.17) is 0 Å². The molecule has 0 aromatic heterocycles. The Hall–Kier alpha value is -1.04. The van der Waals surface area contributed by atoms with Gasteiger partial charge < -0.3 is 10.2 Å². The Morgan fingerprint density at radius 3 is 2.43 bits per heavy atom. The summed E-state index contributed by atoms with van der Waals surface area (Å²) in [6.07, 6.45) is -1.79. The summed E-state index contributed by atoms with van der Waals surface area (Å²) < 4.78 is 63.0. The second-order valence-corrected chi connectivity index (χ2v) is 11.4. The number of guanidine groups is 1. The van der Waals surface area contributed by atoms with Gasteiger partial charge in [0.05, 0.1) is 16.1 Å². The number of hydrogen-bond donors (Lipinski definition) is 1. The van der Waals surface area contributed by atoms with Crippen LogP contribution in [0.15, 0.2) is 29.3 Å². The van der Waals surface area contributed by atoms with Crippen molar-refractivity contribution in [1.29, 1.82) is 0 Å². The number of hydrogen-bond acceptors (Lipinski definition) is 3. The van der Waals surface area contributed by atoms with Gasteiger partial charge in [-0.1, -0.05) is 24.6 Å². The maximum absolute atomic E-state index is 13.1. The fourth-order valence-electron chi connectivity index (χ4n) is 4.10. The van der Waals surface area contributed by atoms with Gasteiger partial charge in [0.25, 0.3) is 0 Å². The Morgan fingerprint density at radius 2 is 1.93 bits per heavy atom. The van der Waals surface area contributed by atoms with E-state index in [2.05, 4.69) is 10.3 Å². The summed E-state index contributed by atoms with van der Waals surface area (Å²) in [5, 5.41) is 3.30. The zero-order chi connectivity index (χ0) is 21.5. The quantitative estimate of drug-likeness (QED) is 0.348. The fourth-order valence-corrected chi connectivity index (χ4v) is 5.47. The van der Waals surface area contributed by atoms with Crippen LogP contribution in [-0.4, -0.2) is 56.5 Å². The van der Waals surface area contributed by atoms with Crippen LogP contribution in [0.5, 0.6) is 0 Å². The topological polar surface area (TPSA) is 61.8 Å². The fraction of sp³-hybridized carbons (Fsp3) is 0.650. The Labute approximate surface area is 193 Å². The minimum atomic E-state index is -4.37. The molecule has 1 aromatic rings. The normalized spacial score (nSPS) is 22.6. The number of sulfone groups is 1. The van der Waals surface area contributed by atoms with Gasteiger partial charge in [-0.05, 0) is 38.3 Å². The van der Waals surface area contributed by atoms with Crippen molar-refractivity contribution < 1.29 is 21.6 Å². The third kappa shape index (κ3) is 4.89. The van der Waals surface area contributed by atoms with Gasteiger partial charge in [-0.2, -0.15) is 13.2 Å². The molecule has 10 heteroatoms. The maximum atomic E-state index is 13.1. The van der Waals surface area contributed by atoms with Gasteiger partial charge in [0, 0.05) is 32.1 Å². The lowest BCUT2D eigenvalue weighted by Gasteiger charge is -2.44. The highest BCUT2D eigenvalue weighted by Crippen LogP contribution is 2.44. The average Bonchev–Trinajstić information content (AvgIpc) is 2.59. The highest BCUT2D eigenvalue weighted by molar-refractivity contribution is 14.0. The van der Waals surface area contributed by atoms with Crippen LogP contribution in [0, 0.1) is 0 Å². The van der Waals surface area contributed by atoms with Gasteiger partial charge in [-0.25, -0.2) is 8.42 Å². The Bertz CT molecular complexity index is 897. The van der Waals surface area contributed by atoms with E-state index in [1.165, 1.54) is 12.1 Å². The van der Waals surface area contributed by atoms with E-state index >= 15 is 0 Å². The van der Waals surface area contributed by atoms with Gasteiger partial charge in [0.2, 0.25) is 0 Å². The molecule has 170 valence electrons. The van der Waals surface area contributed by atoms with Crippen molar-refractivity contribution in [2.45, 2.75) is 49.4 Å². The molecule has 0 radical (unpaired) electrons. The van der Waals surface area contributed by atoms with Crippen molar-refractivity contribution in [1.82, 2.24) is 10.2 Å². The molecule has 0 unspecified atom stereocenters. The molecule has 0 spiro atoms. The first-order chi connectivity index (χ1) is 13.4. The molecular formula is C20H29F3IN3O2S. The number of nitrogens with zero attached hydrogens (tertiary/aromatic N) is 2. The van der Waals surface area contributed by atoms with Crippen molar-refractivity contribution in [3.8, 4) is 0 Å². The smallest absolute Gasteiger partial charge is 0.355 e. The highest BCUT2D eigenvalue weighted by atomic mass is 127. The number of nitrogens with one attached hydrogen (secondary N) is 1. The summed E-state index contributed by atoms with van der Waals surface area (Å²) in [4.78, 5) is 6.21. The third-order valence-electron chi connectivity index (χ3n) is 6.25. The van der Waals surface area contributed by atoms with Gasteiger partial charge in [-0.3, -0.25) is 4.99 Å². The number of rotatable bonds is 3. The molecule has 0 amide bonds. The molecule has 2 fully saturated rings. The number of alkyl halides is 3. The van der Waals surface area contributed by atoms with E-state index in [-0.39, 0.29) is 35.1 Å². The van der Waals surface area contributed by atoms with Crippen LogP contribution in [0.2, 0.25) is 0 Å². The molecule has 1 heterocycles. The SMILES string of the molecule is CN=C(NCC1(c2cccc(C(F)(F)F)c2)CCC1)N1CCS(=O)(=O)C(C)(C)C1.I. The van der Waals surface area contributed by atoms with Gasteiger partial charge >= 0.3 is 6.18 Å². The monoisotopic (exact) mass is 559 g/mol. The standard InChI is InChI=1S/C20H28F3N3O2S.HI/c1-18(2)14-26(10-11-29(18,27)28)17(24-3)25-13-19(8-5-9-19)15-6-4-7-16(12-15)20(21,22)23;/h4,6-7,12H,5,8-11,13-14H2,1-3H3,(H,24,25);1H. The van der Waals surface area contributed by atoms with Crippen LogP contribution in [-0.2, 0) is 21.4 Å². The van der Waals surface area contributed by atoms with Gasteiger partial charge in [-0.15, -0.1) is 24.0 Å². The molecule has 0 bridgehead atoms. The number of halogens is 4. The molecule has 2 aliphatic rings. The first kappa shape index (κ1) is 25.2. The first-order valence-electron chi connectivity index (χ1n) is 9.76. The Kier molecular flexibility index (Phi) is 7.43. The van der Waals surface area contributed by atoms with Crippen LogP contribution in [0.4, 0.5) is 13.2 Å². The summed E-state index contributed by atoms with van der Waals surface area (Å²) in [5.74, 6) is 0.644. The first-order valence-corrected chi connectivity index (χ1v) is 11.4. The summed E-state index contributed by atoms with van der Waals surface area (Å²) >= 11 is 0. The van der Waals surface area contributed by atoms with Gasteiger partial charge in [0.15, 0.2) is 15.8 Å². The van der Waals surface area contributed by atoms with Crippen LogP contribution in [0.25, 0.3) is 0 Å². The molecule has 1 saturated heterocycles. The highest BCUT2D eigenvalue weighted by Gasteiger charge is 2.43. The zero-order valence-electron chi connectivity index (χ0n) is 17.4. The molecular weight excluding hydrogens is 530 g/mol. The Balaban J connectivity index is 0.00000320. The molecule has 3 rings (SSSR count). The van der Waals surface area contributed by atoms with Gasteiger partial charge in [0.1, 0.15) is 0 Å². The molecule has 30 heavy (non-hydrogen) atoms. The van der Waals surface area contributed by atoms with Crippen molar-refractivity contribution in [2.24, 2.45) is 4.99 Å². The predicted octanol–water partition coefficient (Wildman–Crippen LogP) is 3.83. The minimum absolute atomic E-state index is 0.